The Kier molecular flexibility index (Phi) is 6.82. The van der Waals surface area contributed by atoms with E-state index >= 15 is 0 Å². The number of aromatic nitrogens is 3. The highest BCUT2D eigenvalue weighted by Gasteiger charge is 2.35. The van der Waals surface area contributed by atoms with Crippen LogP contribution in [0.25, 0.3) is 11.3 Å². The van der Waals surface area contributed by atoms with Crippen LogP contribution in [0.4, 0.5) is 11.6 Å². The van der Waals surface area contributed by atoms with Crippen molar-refractivity contribution in [1.29, 1.82) is 0 Å². The van der Waals surface area contributed by atoms with Gasteiger partial charge in [-0.25, -0.2) is 15.0 Å². The molecule has 1 aliphatic carbocycles. The number of anilines is 2. The summed E-state index contributed by atoms with van der Waals surface area (Å²) in [6.45, 7) is 7.64. The molecule has 0 spiro atoms. The van der Waals surface area contributed by atoms with Crippen LogP contribution in [0.2, 0.25) is 0 Å². The van der Waals surface area contributed by atoms with Gasteiger partial charge in [0.2, 0.25) is 0 Å². The lowest BCUT2D eigenvalue weighted by Gasteiger charge is -2.24. The second kappa shape index (κ2) is 9.79. The van der Waals surface area contributed by atoms with E-state index in [-0.39, 0.29) is 18.1 Å². The maximum atomic E-state index is 11.8. The van der Waals surface area contributed by atoms with Crippen LogP contribution >= 0.6 is 0 Å². The molecule has 4 rings (SSSR count). The van der Waals surface area contributed by atoms with Gasteiger partial charge in [-0.2, -0.15) is 0 Å². The predicted molar refractivity (Wildman–Crippen MR) is 135 cm³/mol. The van der Waals surface area contributed by atoms with Gasteiger partial charge in [0.1, 0.15) is 17.7 Å². The van der Waals surface area contributed by atoms with Crippen molar-refractivity contribution < 1.29 is 9.53 Å². The van der Waals surface area contributed by atoms with Crippen molar-refractivity contribution in [3.05, 3.63) is 64.6 Å². The Morgan fingerprint density at radius 2 is 1.79 bits per heavy atom. The van der Waals surface area contributed by atoms with E-state index in [2.05, 4.69) is 37.4 Å². The molecule has 0 radical (unpaired) electrons. The van der Waals surface area contributed by atoms with Crippen LogP contribution in [0.15, 0.2) is 36.4 Å². The van der Waals surface area contributed by atoms with E-state index in [0.717, 1.165) is 58.4 Å². The number of aryl methyl sites for hydroxylation is 3. The van der Waals surface area contributed by atoms with Crippen molar-refractivity contribution in [2.75, 3.05) is 24.3 Å². The summed E-state index contributed by atoms with van der Waals surface area (Å²) in [5, 5.41) is 3.59. The summed E-state index contributed by atoms with van der Waals surface area (Å²) in [6.07, 6.45) is 1.87. The van der Waals surface area contributed by atoms with Gasteiger partial charge in [0.25, 0.3) is 0 Å². The van der Waals surface area contributed by atoms with Crippen molar-refractivity contribution in [1.82, 2.24) is 15.0 Å². The molecule has 0 unspecified atom stereocenters. The van der Waals surface area contributed by atoms with Crippen LogP contribution in [-0.2, 0) is 28.8 Å². The second-order valence-electron chi connectivity index (χ2n) is 8.89. The van der Waals surface area contributed by atoms with E-state index in [1.165, 1.54) is 12.5 Å². The molecule has 1 N–H and O–H groups in total. The van der Waals surface area contributed by atoms with Crippen LogP contribution < -0.4 is 10.2 Å². The largest absolute Gasteiger partial charge is 0.460 e. The smallest absolute Gasteiger partial charge is 0.302 e. The van der Waals surface area contributed by atoms with E-state index in [4.69, 9.17) is 19.7 Å². The van der Waals surface area contributed by atoms with Gasteiger partial charge in [-0.15, -0.1) is 0 Å². The van der Waals surface area contributed by atoms with Gasteiger partial charge in [-0.05, 0) is 43.0 Å². The number of rotatable bonds is 7. The first kappa shape index (κ1) is 23.7. The van der Waals surface area contributed by atoms with Crippen LogP contribution in [-0.4, -0.2) is 41.1 Å². The Hall–Kier alpha value is -3.48. The number of nitrogens with one attached hydrogen (secondary N) is 1. The van der Waals surface area contributed by atoms with Gasteiger partial charge in [0, 0.05) is 38.7 Å². The van der Waals surface area contributed by atoms with E-state index in [1.54, 1.807) is 0 Å². The minimum Gasteiger partial charge on any atom is -0.460 e. The Balaban J connectivity index is 1.74. The van der Waals surface area contributed by atoms with Gasteiger partial charge in [-0.1, -0.05) is 38.1 Å². The molecule has 178 valence electrons. The van der Waals surface area contributed by atoms with Crippen LogP contribution in [0.1, 0.15) is 55.0 Å². The molecule has 0 saturated heterocycles. The molecule has 7 heteroatoms. The van der Waals surface area contributed by atoms with Gasteiger partial charge < -0.3 is 15.0 Å². The molecule has 0 fully saturated rings. The lowest BCUT2D eigenvalue weighted by Crippen LogP contribution is -2.27. The standard InChI is InChI=1S/C27H33N5O2/c1-7-21-25(19-13-14-24(32(5)6)28-16(19)3)29-22(8-2)27(30-21)31-26-20-12-10-9-11-18(20)15-23(26)34-17(4)33/h9-14,23,26H,7-8,15H2,1-6H3,(H,30,31)/t23-,26+/m0/s1. The van der Waals surface area contributed by atoms with Crippen LogP contribution in [0.5, 0.6) is 0 Å². The quantitative estimate of drug-likeness (QED) is 0.514. The second-order valence-corrected chi connectivity index (χ2v) is 8.89. The third kappa shape index (κ3) is 4.60. The third-order valence-electron chi connectivity index (χ3n) is 6.29. The third-order valence-corrected chi connectivity index (χ3v) is 6.29. The number of ether oxygens (including phenoxy) is 1. The van der Waals surface area contributed by atoms with Crippen LogP contribution in [0, 0.1) is 6.92 Å². The fraction of sp³-hybridized carbons (Fsp3) is 0.407. The number of pyridine rings is 1. The lowest BCUT2D eigenvalue weighted by molar-refractivity contribution is -0.146. The monoisotopic (exact) mass is 459 g/mol. The van der Waals surface area contributed by atoms with E-state index < -0.39 is 0 Å². The molecule has 1 aliphatic rings. The molecule has 0 aliphatic heterocycles. The first-order valence-corrected chi connectivity index (χ1v) is 11.9. The molecule has 3 aromatic rings. The molecule has 2 heterocycles. The maximum absolute atomic E-state index is 11.8. The topological polar surface area (TPSA) is 80.2 Å². The van der Waals surface area contributed by atoms with E-state index in [9.17, 15) is 4.79 Å². The highest BCUT2D eigenvalue weighted by atomic mass is 16.5. The van der Waals surface area contributed by atoms with Crippen LogP contribution in [0.3, 0.4) is 0 Å². The van der Waals surface area contributed by atoms with Crippen molar-refractivity contribution in [2.24, 2.45) is 0 Å². The van der Waals surface area contributed by atoms with Crippen molar-refractivity contribution >= 4 is 17.6 Å². The first-order valence-electron chi connectivity index (χ1n) is 11.9. The Bertz CT molecular complexity index is 1210. The zero-order valence-corrected chi connectivity index (χ0v) is 20.8. The lowest BCUT2D eigenvalue weighted by atomic mass is 10.1. The number of benzene rings is 1. The van der Waals surface area contributed by atoms with Gasteiger partial charge >= 0.3 is 5.97 Å². The minimum absolute atomic E-state index is 0.168. The molecule has 7 nitrogen and oxygen atoms in total. The summed E-state index contributed by atoms with van der Waals surface area (Å²) in [4.78, 5) is 28.6. The minimum atomic E-state index is -0.281. The number of carbonyl (C=O) groups excluding carboxylic acids is 1. The zero-order valence-electron chi connectivity index (χ0n) is 20.8. The van der Waals surface area contributed by atoms with Crippen molar-refractivity contribution in [2.45, 2.75) is 59.1 Å². The summed E-state index contributed by atoms with van der Waals surface area (Å²) in [6, 6.07) is 12.1. The summed E-state index contributed by atoms with van der Waals surface area (Å²) >= 11 is 0. The Morgan fingerprint density at radius 3 is 2.44 bits per heavy atom. The highest BCUT2D eigenvalue weighted by molar-refractivity contribution is 5.68. The maximum Gasteiger partial charge on any atom is 0.302 e. The van der Waals surface area contributed by atoms with Crippen molar-refractivity contribution in [3.63, 3.8) is 0 Å². The molecule has 2 atom stereocenters. The highest BCUT2D eigenvalue weighted by Crippen LogP contribution is 2.37. The number of carbonyl (C=O) groups is 1. The number of nitrogens with zero attached hydrogens (tertiary/aromatic N) is 4. The molecular weight excluding hydrogens is 426 g/mol. The molecule has 34 heavy (non-hydrogen) atoms. The summed E-state index contributed by atoms with van der Waals surface area (Å²) in [5.74, 6) is 1.38. The molecule has 0 saturated carbocycles. The molecule has 1 aromatic carbocycles. The average molecular weight is 460 g/mol. The van der Waals surface area contributed by atoms with Gasteiger partial charge in [0.15, 0.2) is 0 Å². The zero-order chi connectivity index (χ0) is 24.4. The average Bonchev–Trinajstić information content (AvgIpc) is 3.15. The summed E-state index contributed by atoms with van der Waals surface area (Å²) < 4.78 is 5.69. The van der Waals surface area contributed by atoms with Gasteiger partial charge in [0.05, 0.1) is 23.1 Å². The fourth-order valence-corrected chi connectivity index (χ4v) is 4.58. The number of hydrogen-bond donors (Lipinski definition) is 1. The Morgan fingerprint density at radius 1 is 1.06 bits per heavy atom. The first-order chi connectivity index (χ1) is 16.3. The number of fused-ring (bicyclic) bond motifs is 1. The number of esters is 1. The summed E-state index contributed by atoms with van der Waals surface area (Å²) in [7, 11) is 3.97. The summed E-state index contributed by atoms with van der Waals surface area (Å²) in [5.41, 5.74) is 6.93. The van der Waals surface area contributed by atoms with E-state index in [0.29, 0.717) is 6.42 Å². The molecule has 0 amide bonds. The normalized spacial score (nSPS) is 16.8. The van der Waals surface area contributed by atoms with Gasteiger partial charge in [-0.3, -0.25) is 4.79 Å². The van der Waals surface area contributed by atoms with Crippen molar-refractivity contribution in [3.8, 4) is 11.3 Å². The molecule has 2 aromatic heterocycles. The SMILES string of the molecule is CCc1nc(-c2ccc(N(C)C)nc2C)c(CC)nc1N[C@@H]1c2ccccc2C[C@@H]1OC(C)=O. The number of hydrogen-bond acceptors (Lipinski definition) is 7. The fourth-order valence-electron chi connectivity index (χ4n) is 4.58. The molecule has 0 bridgehead atoms. The predicted octanol–water partition coefficient (Wildman–Crippen LogP) is 4.68. The Labute approximate surface area is 201 Å². The van der Waals surface area contributed by atoms with E-state index in [1.807, 2.05) is 44.1 Å². The molecular formula is C27H33N5O2.